The van der Waals surface area contributed by atoms with Crippen LogP contribution in [-0.2, 0) is 26.9 Å². The molecule has 0 fully saturated rings. The lowest BCUT2D eigenvalue weighted by Gasteiger charge is -2.22. The van der Waals surface area contributed by atoms with Gasteiger partial charge in [-0.2, -0.15) is 0 Å². The first-order chi connectivity index (χ1) is 42.7. The van der Waals surface area contributed by atoms with E-state index in [9.17, 15) is 0 Å². The second-order valence-corrected chi connectivity index (χ2v) is 24.5. The van der Waals surface area contributed by atoms with E-state index in [1.165, 1.54) is 164 Å². The van der Waals surface area contributed by atoms with Crippen molar-refractivity contribution < 1.29 is 0 Å². The Hall–Kier alpha value is -7.44. The Morgan fingerprint density at radius 3 is 1.30 bits per heavy atom. The van der Waals surface area contributed by atoms with Crippen molar-refractivity contribution in [2.75, 3.05) is 14.1 Å². The molecular formula is C84H120N6. The van der Waals surface area contributed by atoms with E-state index in [0.29, 0.717) is 12.1 Å². The van der Waals surface area contributed by atoms with Crippen LogP contribution < -0.4 is 0 Å². The smallest absolute Gasteiger partial charge is 0.0971 e. The van der Waals surface area contributed by atoms with Gasteiger partial charge in [0.2, 0.25) is 0 Å². The molecule has 0 spiro atoms. The van der Waals surface area contributed by atoms with E-state index in [1.807, 2.05) is 41.5 Å². The van der Waals surface area contributed by atoms with Gasteiger partial charge in [0.05, 0.1) is 17.6 Å². The van der Waals surface area contributed by atoms with Gasteiger partial charge in [0.25, 0.3) is 0 Å². The van der Waals surface area contributed by atoms with Crippen LogP contribution in [0.3, 0.4) is 0 Å². The summed E-state index contributed by atoms with van der Waals surface area (Å²) >= 11 is 0. The fraction of sp³-hybridized carbons (Fsp3) is 0.429. The number of para-hydroxylation sites is 1. The average molecular weight is 1210 g/mol. The molecule has 0 bridgehead atoms. The van der Waals surface area contributed by atoms with Crippen molar-refractivity contribution in [1.82, 2.24) is 28.9 Å². The second kappa shape index (κ2) is 36.4. The van der Waals surface area contributed by atoms with E-state index in [-0.39, 0.29) is 0 Å². The summed E-state index contributed by atoms with van der Waals surface area (Å²) in [6, 6.07) is 27.9. The number of aryl methyl sites for hydroxylation is 6. The van der Waals surface area contributed by atoms with Gasteiger partial charge in [0.15, 0.2) is 0 Å². The number of benzene rings is 3. The number of pyridine rings is 2. The van der Waals surface area contributed by atoms with Gasteiger partial charge in [-0.15, -0.1) is 0 Å². The van der Waals surface area contributed by atoms with Crippen LogP contribution in [0.1, 0.15) is 202 Å². The first-order valence-corrected chi connectivity index (χ1v) is 33.5. The molecular weight excluding hydrogens is 1090 g/mol. The monoisotopic (exact) mass is 1210 g/mol. The van der Waals surface area contributed by atoms with Crippen molar-refractivity contribution in [3.05, 3.63) is 245 Å². The molecule has 90 heavy (non-hydrogen) atoms. The summed E-state index contributed by atoms with van der Waals surface area (Å²) in [6.07, 6.45) is 20.1. The molecule has 0 saturated carbocycles. The molecule has 5 aliphatic carbocycles. The van der Waals surface area contributed by atoms with Crippen molar-refractivity contribution in [3.63, 3.8) is 0 Å². The molecule has 4 aromatic heterocycles. The van der Waals surface area contributed by atoms with Crippen molar-refractivity contribution in [2.45, 2.75) is 212 Å². The van der Waals surface area contributed by atoms with Gasteiger partial charge in [-0.05, 0) is 229 Å². The minimum absolute atomic E-state index is 0.537. The highest BCUT2D eigenvalue weighted by Crippen LogP contribution is 2.40. The quantitative estimate of drug-likeness (QED) is 0.152. The molecule has 0 unspecified atom stereocenters. The van der Waals surface area contributed by atoms with Gasteiger partial charge in [-0.25, -0.2) is 0 Å². The van der Waals surface area contributed by atoms with Crippen molar-refractivity contribution in [2.24, 2.45) is 20.0 Å². The van der Waals surface area contributed by atoms with Gasteiger partial charge in [-0.1, -0.05) is 173 Å². The highest BCUT2D eigenvalue weighted by molar-refractivity contribution is 5.85. The number of hydrogen-bond acceptors (Lipinski definition) is 4. The molecule has 13 rings (SSSR count). The van der Waals surface area contributed by atoms with Gasteiger partial charge in [0.1, 0.15) is 0 Å². The van der Waals surface area contributed by atoms with Crippen LogP contribution in [0.5, 0.6) is 0 Å². The summed E-state index contributed by atoms with van der Waals surface area (Å²) in [4.78, 5) is 13.8. The van der Waals surface area contributed by atoms with E-state index < -0.39 is 0 Å². The highest BCUT2D eigenvalue weighted by atomic mass is 15.3. The van der Waals surface area contributed by atoms with Crippen LogP contribution in [-0.4, -0.2) is 49.2 Å². The summed E-state index contributed by atoms with van der Waals surface area (Å²) in [6.45, 7) is 55.4. The van der Waals surface area contributed by atoms with E-state index in [2.05, 4.69) is 307 Å². The summed E-state index contributed by atoms with van der Waals surface area (Å²) in [5.41, 5.74) is 37.3. The normalized spacial score (nSPS) is 14.2. The number of nitrogens with zero attached hydrogens (tertiary/aromatic N) is 6. The van der Waals surface area contributed by atoms with Gasteiger partial charge in [-0.3, -0.25) is 9.97 Å². The van der Waals surface area contributed by atoms with Gasteiger partial charge < -0.3 is 18.9 Å². The number of fused-ring (bicyclic) bond motifs is 7. The molecule has 486 valence electrons. The fourth-order valence-electron chi connectivity index (χ4n) is 11.1. The lowest BCUT2D eigenvalue weighted by molar-refractivity contribution is 0.226. The zero-order valence-electron chi connectivity index (χ0n) is 62.2. The van der Waals surface area contributed by atoms with Crippen molar-refractivity contribution >= 4 is 10.9 Å². The molecule has 0 radical (unpaired) electrons. The zero-order chi connectivity index (χ0) is 68.0. The lowest BCUT2D eigenvalue weighted by Crippen LogP contribution is -2.30. The van der Waals surface area contributed by atoms with E-state index in [1.54, 1.807) is 0 Å². The maximum absolute atomic E-state index is 4.76. The molecule has 0 amide bonds. The minimum Gasteiger partial charge on any atom is -0.359 e. The molecule has 6 aliphatic rings. The Morgan fingerprint density at radius 1 is 0.456 bits per heavy atom. The lowest BCUT2D eigenvalue weighted by atomic mass is 9.98. The summed E-state index contributed by atoms with van der Waals surface area (Å²) in [5.74, 6) is 0.704. The third-order valence-electron chi connectivity index (χ3n) is 19.4. The van der Waals surface area contributed by atoms with E-state index >= 15 is 0 Å². The zero-order valence-corrected chi connectivity index (χ0v) is 62.2. The standard InChI is InChI=1S/2C15H15N.C11H13N.3C8H12.C7H11N.C6H12N2.3C2H6/c1-9-10(2)15-13-7-5-4-6-12(13)8-14(15)16-11(9)3;1-9-10(2)14-8-12-6-4-5-7-13(12)15(14)16-11(9)3;1-8-9(2)12(3)11-7-5-4-6-10(8)11;3*1-6-4-5-7(2)8(6)3;1-6-4-5-8(3)7(6)2;1-6-7(2)4-5-8(6)3;3*1-2/h2*4-7H,8H2,1-3H3;4-7H,1-3H3;2*4H,5H2,1-3H3;4-5,8H,1-3H3;4-5H,1-3H3;4-6H,1-3H3;3*1-2H3. The van der Waals surface area contributed by atoms with E-state index in [0.717, 1.165) is 18.5 Å². The Morgan fingerprint density at radius 2 is 0.911 bits per heavy atom. The maximum Gasteiger partial charge on any atom is 0.0971 e. The van der Waals surface area contributed by atoms with Crippen LogP contribution in [0.4, 0.5) is 0 Å². The Balaban J connectivity index is 0.000000270. The molecule has 1 aliphatic heterocycles. The van der Waals surface area contributed by atoms with Gasteiger partial charge >= 0.3 is 0 Å². The molecule has 3 aromatic carbocycles. The predicted octanol–water partition coefficient (Wildman–Crippen LogP) is 23.2. The largest absolute Gasteiger partial charge is 0.359 e. The third-order valence-corrected chi connectivity index (χ3v) is 19.4. The van der Waals surface area contributed by atoms with Crippen LogP contribution in [0.25, 0.3) is 33.3 Å². The molecule has 7 aromatic rings. The summed E-state index contributed by atoms with van der Waals surface area (Å²) in [7, 11) is 8.32. The summed E-state index contributed by atoms with van der Waals surface area (Å²) < 4.78 is 4.36. The summed E-state index contributed by atoms with van der Waals surface area (Å²) in [5, 5.41) is 1.37. The van der Waals surface area contributed by atoms with Crippen LogP contribution in [0.15, 0.2) is 166 Å². The molecule has 0 saturated heterocycles. The predicted molar refractivity (Wildman–Crippen MR) is 399 cm³/mol. The van der Waals surface area contributed by atoms with Crippen LogP contribution >= 0.6 is 0 Å². The first-order valence-electron chi connectivity index (χ1n) is 33.5. The third kappa shape index (κ3) is 19.3. The average Bonchev–Trinajstić information content (AvgIpc) is 1.76. The number of allylic oxidation sites excluding steroid dienone is 12. The van der Waals surface area contributed by atoms with Crippen molar-refractivity contribution in [3.8, 4) is 22.4 Å². The molecule has 6 nitrogen and oxygen atoms in total. The SMILES string of the molecule is CC.CC.CC.CC1=CC=C(C)C1C.CC1=CCC(C)=C1C.CC1=CCC(C)=C1C.CC1N(C)C=CN1C.Cc1c(C)n(C)c2ccccc12.Cc1ccn(C)c1C.Cc1nc2c(c(C)c1C)-c1ccccc1C2.Cc1nc2c(c(C)c1C)Cc1ccccc1-2. The van der Waals surface area contributed by atoms with Crippen LogP contribution in [0.2, 0.25) is 0 Å². The number of rotatable bonds is 0. The molecule has 0 atom stereocenters. The number of aromatic nitrogens is 4. The van der Waals surface area contributed by atoms with Crippen molar-refractivity contribution in [1.29, 1.82) is 0 Å². The van der Waals surface area contributed by atoms with Gasteiger partial charge in [0, 0.05) is 104 Å². The van der Waals surface area contributed by atoms with E-state index in [4.69, 9.17) is 9.97 Å². The topological polar surface area (TPSA) is 42.1 Å². The Labute approximate surface area is 550 Å². The Bertz CT molecular complexity index is 3600. The second-order valence-electron chi connectivity index (χ2n) is 24.5. The first kappa shape index (κ1) is 76.8. The van der Waals surface area contributed by atoms with Crippen LogP contribution in [0, 0.1) is 75.2 Å². The molecule has 6 heteroatoms. The fourth-order valence-corrected chi connectivity index (χ4v) is 11.1. The molecule has 0 N–H and O–H groups in total. The Kier molecular flexibility index (Phi) is 31.1. The maximum atomic E-state index is 4.76. The number of hydrogen-bond donors (Lipinski definition) is 0. The highest BCUT2D eigenvalue weighted by Gasteiger charge is 2.24. The molecule has 5 heterocycles. The minimum atomic E-state index is 0.537.